The molecule has 3 rings (SSSR count). The van der Waals surface area contributed by atoms with E-state index in [0.29, 0.717) is 36.8 Å². The minimum Gasteiger partial charge on any atom is -0.490 e. The van der Waals surface area contributed by atoms with Crippen molar-refractivity contribution in [3.8, 4) is 17.6 Å². The highest BCUT2D eigenvalue weighted by molar-refractivity contribution is 8.18. The monoisotopic (exact) mass is 429 g/mol. The van der Waals surface area contributed by atoms with Crippen LogP contribution >= 0.6 is 11.8 Å². The lowest BCUT2D eigenvalue weighted by atomic mass is 10.1. The van der Waals surface area contributed by atoms with E-state index in [4.69, 9.17) is 14.7 Å². The number of amides is 3. The van der Waals surface area contributed by atoms with E-state index in [0.717, 1.165) is 35.9 Å². The van der Waals surface area contributed by atoms with Gasteiger partial charge in [0.25, 0.3) is 11.1 Å². The third-order valence-corrected chi connectivity index (χ3v) is 5.64. The molecular formula is C21H23N3O5S. The number of carbonyl (C=O) groups excluding carboxylic acids is 3. The molecule has 0 saturated carbocycles. The van der Waals surface area contributed by atoms with Crippen LogP contribution in [-0.2, 0) is 9.59 Å². The second-order valence-electron chi connectivity index (χ2n) is 6.80. The SMILES string of the molecule is CCOc1cc(/C=C2\SC(=O)N(CC(=O)N3CCCCC3)C2=O)ccc1OCC#N. The molecule has 2 heterocycles. The maximum atomic E-state index is 12.7. The number of benzene rings is 1. The zero-order valence-electron chi connectivity index (χ0n) is 16.8. The summed E-state index contributed by atoms with van der Waals surface area (Å²) in [5, 5.41) is 8.24. The first-order valence-corrected chi connectivity index (χ1v) is 10.6. The molecule has 0 radical (unpaired) electrons. The Morgan fingerprint density at radius 2 is 1.97 bits per heavy atom. The summed E-state index contributed by atoms with van der Waals surface area (Å²) in [6.07, 6.45) is 4.58. The van der Waals surface area contributed by atoms with E-state index in [1.807, 2.05) is 13.0 Å². The van der Waals surface area contributed by atoms with Gasteiger partial charge in [-0.3, -0.25) is 19.3 Å². The lowest BCUT2D eigenvalue weighted by Crippen LogP contribution is -2.44. The molecule has 30 heavy (non-hydrogen) atoms. The van der Waals surface area contributed by atoms with Crippen LogP contribution in [0, 0.1) is 11.3 Å². The highest BCUT2D eigenvalue weighted by Gasteiger charge is 2.37. The van der Waals surface area contributed by atoms with Gasteiger partial charge in [0.05, 0.1) is 11.5 Å². The predicted octanol–water partition coefficient (Wildman–Crippen LogP) is 3.04. The van der Waals surface area contributed by atoms with Crippen molar-refractivity contribution in [2.24, 2.45) is 0 Å². The van der Waals surface area contributed by atoms with E-state index in [1.165, 1.54) is 0 Å². The molecule has 2 saturated heterocycles. The second-order valence-corrected chi connectivity index (χ2v) is 7.79. The Bertz CT molecular complexity index is 902. The quantitative estimate of drug-likeness (QED) is 0.614. The van der Waals surface area contributed by atoms with Gasteiger partial charge >= 0.3 is 0 Å². The third kappa shape index (κ3) is 5.13. The van der Waals surface area contributed by atoms with Crippen molar-refractivity contribution in [3.05, 3.63) is 28.7 Å². The lowest BCUT2D eigenvalue weighted by Gasteiger charge is -2.27. The number of likely N-dealkylation sites (tertiary alicyclic amines) is 1. The smallest absolute Gasteiger partial charge is 0.294 e. The van der Waals surface area contributed by atoms with Crippen molar-refractivity contribution in [2.75, 3.05) is 32.8 Å². The molecule has 0 unspecified atom stereocenters. The Hall–Kier alpha value is -2.99. The topological polar surface area (TPSA) is 99.9 Å². The van der Waals surface area contributed by atoms with Crippen molar-refractivity contribution >= 4 is 34.9 Å². The molecular weight excluding hydrogens is 406 g/mol. The second kappa shape index (κ2) is 10.2. The fraction of sp³-hybridized carbons (Fsp3) is 0.429. The number of imide groups is 1. The zero-order valence-corrected chi connectivity index (χ0v) is 17.6. The summed E-state index contributed by atoms with van der Waals surface area (Å²) in [4.78, 5) is 40.4. The first kappa shape index (κ1) is 21.7. The number of hydrogen-bond acceptors (Lipinski definition) is 7. The maximum absolute atomic E-state index is 12.7. The van der Waals surface area contributed by atoms with Crippen LogP contribution in [0.1, 0.15) is 31.7 Å². The van der Waals surface area contributed by atoms with Gasteiger partial charge in [-0.25, -0.2) is 0 Å². The number of piperidine rings is 1. The molecule has 2 aliphatic heterocycles. The van der Waals surface area contributed by atoms with Gasteiger partial charge in [0.2, 0.25) is 5.91 Å². The summed E-state index contributed by atoms with van der Waals surface area (Å²) < 4.78 is 10.9. The number of thioether (sulfide) groups is 1. The summed E-state index contributed by atoms with van der Waals surface area (Å²) in [6.45, 7) is 3.24. The van der Waals surface area contributed by atoms with E-state index < -0.39 is 11.1 Å². The van der Waals surface area contributed by atoms with Crippen LogP contribution in [0.25, 0.3) is 6.08 Å². The van der Waals surface area contributed by atoms with Crippen molar-refractivity contribution < 1.29 is 23.9 Å². The molecule has 1 aromatic carbocycles. The fourth-order valence-electron chi connectivity index (χ4n) is 3.28. The first-order chi connectivity index (χ1) is 14.5. The number of rotatable bonds is 7. The molecule has 0 spiro atoms. The fourth-order valence-corrected chi connectivity index (χ4v) is 4.12. The molecule has 8 nitrogen and oxygen atoms in total. The summed E-state index contributed by atoms with van der Waals surface area (Å²) in [5.41, 5.74) is 0.649. The van der Waals surface area contributed by atoms with Gasteiger partial charge in [0, 0.05) is 13.1 Å². The number of carbonyl (C=O) groups is 3. The maximum Gasteiger partial charge on any atom is 0.294 e. The summed E-state index contributed by atoms with van der Waals surface area (Å²) in [5.74, 6) is 0.200. The van der Waals surface area contributed by atoms with Gasteiger partial charge in [-0.2, -0.15) is 5.26 Å². The van der Waals surface area contributed by atoms with Crippen LogP contribution in [-0.4, -0.2) is 59.7 Å². The molecule has 0 atom stereocenters. The number of ether oxygens (including phenoxy) is 2. The Morgan fingerprint density at radius 3 is 2.67 bits per heavy atom. The highest BCUT2D eigenvalue weighted by Crippen LogP contribution is 2.34. The van der Waals surface area contributed by atoms with Crippen molar-refractivity contribution in [1.82, 2.24) is 9.80 Å². The van der Waals surface area contributed by atoms with Crippen LogP contribution in [0.2, 0.25) is 0 Å². The normalized spacial score (nSPS) is 17.9. The largest absolute Gasteiger partial charge is 0.490 e. The van der Waals surface area contributed by atoms with Crippen molar-refractivity contribution in [2.45, 2.75) is 26.2 Å². The van der Waals surface area contributed by atoms with E-state index in [-0.39, 0.29) is 24.0 Å². The minimum atomic E-state index is -0.474. The van der Waals surface area contributed by atoms with Crippen LogP contribution in [0.15, 0.2) is 23.1 Å². The van der Waals surface area contributed by atoms with Gasteiger partial charge in [-0.1, -0.05) is 6.07 Å². The zero-order chi connectivity index (χ0) is 21.5. The van der Waals surface area contributed by atoms with E-state index >= 15 is 0 Å². The van der Waals surface area contributed by atoms with Crippen molar-refractivity contribution in [3.63, 3.8) is 0 Å². The average Bonchev–Trinajstić information content (AvgIpc) is 3.01. The third-order valence-electron chi connectivity index (χ3n) is 4.73. The number of nitriles is 1. The molecule has 3 amide bonds. The first-order valence-electron chi connectivity index (χ1n) is 9.83. The molecule has 0 aliphatic carbocycles. The van der Waals surface area contributed by atoms with Crippen LogP contribution in [0.4, 0.5) is 4.79 Å². The molecule has 9 heteroatoms. The summed E-state index contributed by atoms with van der Waals surface area (Å²) in [6, 6.07) is 6.95. The molecule has 2 aliphatic rings. The van der Waals surface area contributed by atoms with E-state index in [2.05, 4.69) is 0 Å². The van der Waals surface area contributed by atoms with Gasteiger partial charge in [0.15, 0.2) is 18.1 Å². The van der Waals surface area contributed by atoms with E-state index in [1.54, 1.807) is 29.2 Å². The average molecular weight is 429 g/mol. The van der Waals surface area contributed by atoms with E-state index in [9.17, 15) is 14.4 Å². The minimum absolute atomic E-state index is 0.108. The van der Waals surface area contributed by atoms with Gasteiger partial charge < -0.3 is 14.4 Å². The molecule has 0 bridgehead atoms. The predicted molar refractivity (Wildman–Crippen MR) is 112 cm³/mol. The lowest BCUT2D eigenvalue weighted by molar-refractivity contribution is -0.136. The van der Waals surface area contributed by atoms with Gasteiger partial charge in [0.1, 0.15) is 12.6 Å². The molecule has 1 aromatic rings. The summed E-state index contributed by atoms with van der Waals surface area (Å²) in [7, 11) is 0. The molecule has 158 valence electrons. The molecule has 0 aromatic heterocycles. The van der Waals surface area contributed by atoms with Crippen molar-refractivity contribution in [1.29, 1.82) is 5.26 Å². The van der Waals surface area contributed by atoms with Gasteiger partial charge in [-0.05, 0) is 61.7 Å². The Labute approximate surface area is 179 Å². The number of hydrogen-bond donors (Lipinski definition) is 0. The van der Waals surface area contributed by atoms with Crippen LogP contribution in [0.3, 0.4) is 0 Å². The Morgan fingerprint density at radius 1 is 1.20 bits per heavy atom. The Kier molecular flexibility index (Phi) is 7.36. The standard InChI is InChI=1S/C21H23N3O5S/c1-2-28-17-12-15(6-7-16(17)29-11-8-22)13-18-20(26)24(21(27)30-18)14-19(25)23-9-4-3-5-10-23/h6-7,12-13H,2-5,9-11,14H2,1H3/b18-13-. The van der Waals surface area contributed by atoms with Crippen LogP contribution in [0.5, 0.6) is 11.5 Å². The number of nitrogens with zero attached hydrogens (tertiary/aromatic N) is 3. The molecule has 0 N–H and O–H groups in total. The highest BCUT2D eigenvalue weighted by atomic mass is 32.2. The van der Waals surface area contributed by atoms with Crippen LogP contribution < -0.4 is 9.47 Å². The Balaban J connectivity index is 1.73. The summed E-state index contributed by atoms with van der Waals surface area (Å²) >= 11 is 0.815. The molecule has 2 fully saturated rings. The van der Waals surface area contributed by atoms with Gasteiger partial charge in [-0.15, -0.1) is 0 Å².